The van der Waals surface area contributed by atoms with E-state index in [1.54, 1.807) is 0 Å². The lowest BCUT2D eigenvalue weighted by Gasteiger charge is -1.93. The maximum Gasteiger partial charge on any atom is 0.118 e. The third-order valence-electron chi connectivity index (χ3n) is 2.32. The first-order valence-electron chi connectivity index (χ1n) is 4.80. The van der Waals surface area contributed by atoms with Crippen LogP contribution in [0.5, 0.6) is 0 Å². The minimum Gasteiger partial charge on any atom is -0.102 e. The number of rotatable bonds is 0. The van der Waals surface area contributed by atoms with Gasteiger partial charge in [0, 0.05) is 0 Å². The first-order chi connectivity index (χ1) is 6.67. The smallest absolute Gasteiger partial charge is 0.102 e. The molecule has 0 nitrogen and oxygen atoms in total. The minimum absolute atomic E-state index is 0.306. The van der Waals surface area contributed by atoms with E-state index >= 15 is 0 Å². The average Bonchev–Trinajstić information content (AvgIpc) is 2.70. The maximum absolute atomic E-state index is 5.41. The third-order valence-corrected chi connectivity index (χ3v) is 3.07. The summed E-state index contributed by atoms with van der Waals surface area (Å²) in [6, 6.07) is 8.49. The van der Waals surface area contributed by atoms with E-state index in [-0.39, 0.29) is 4.33 Å². The molecule has 74 valence electrons. The fourth-order valence-corrected chi connectivity index (χ4v) is 1.48. The zero-order valence-electron chi connectivity index (χ0n) is 7.84. The van der Waals surface area contributed by atoms with Crippen LogP contribution in [-0.2, 0) is 6.42 Å². The van der Waals surface area contributed by atoms with Crippen LogP contribution in [0.15, 0.2) is 30.3 Å². The van der Waals surface area contributed by atoms with Gasteiger partial charge in [0.05, 0.1) is 0 Å². The number of allylic oxidation sites excluding steroid dienone is 1. The lowest BCUT2D eigenvalue weighted by Crippen LogP contribution is -1.76. The van der Waals surface area contributed by atoms with Crippen molar-refractivity contribution < 1.29 is 0 Å². The van der Waals surface area contributed by atoms with Crippen molar-refractivity contribution >= 4 is 29.3 Å². The number of fused-ring (bicyclic) bond motifs is 1. The van der Waals surface area contributed by atoms with E-state index in [0.29, 0.717) is 0 Å². The summed E-state index contributed by atoms with van der Waals surface area (Å²) < 4.78 is -0.306. The predicted molar refractivity (Wildman–Crippen MR) is 62.9 cm³/mol. The quantitative estimate of drug-likeness (QED) is 0.582. The molecular weight excluding hydrogens is 215 g/mol. The summed E-state index contributed by atoms with van der Waals surface area (Å²) in [4.78, 5) is 0. The van der Waals surface area contributed by atoms with Crippen LogP contribution in [0.1, 0.15) is 24.0 Å². The fourth-order valence-electron chi connectivity index (χ4n) is 1.29. The van der Waals surface area contributed by atoms with E-state index in [2.05, 4.69) is 36.4 Å². The topological polar surface area (TPSA) is 0 Å². The van der Waals surface area contributed by atoms with Crippen LogP contribution in [0, 0.1) is 0 Å². The Hall–Kier alpha value is -0.460. The monoisotopic (exact) mass is 226 g/mol. The molecule has 2 heteroatoms. The third kappa shape index (κ3) is 2.76. The molecule has 0 heterocycles. The summed E-state index contributed by atoms with van der Waals surface area (Å²) in [5, 5.41) is 0. The molecule has 3 rings (SSSR count). The van der Waals surface area contributed by atoms with Crippen molar-refractivity contribution in [3.05, 3.63) is 41.5 Å². The van der Waals surface area contributed by atoms with Gasteiger partial charge in [-0.3, -0.25) is 0 Å². The van der Waals surface area contributed by atoms with Gasteiger partial charge in [-0.1, -0.05) is 36.4 Å². The van der Waals surface area contributed by atoms with Crippen molar-refractivity contribution in [1.82, 2.24) is 0 Å². The first-order valence-corrected chi connectivity index (χ1v) is 5.55. The number of halogens is 2. The molecule has 0 N–H and O–H groups in total. The van der Waals surface area contributed by atoms with Gasteiger partial charge >= 0.3 is 0 Å². The largest absolute Gasteiger partial charge is 0.118 e. The Morgan fingerprint density at radius 2 is 1.71 bits per heavy atom. The summed E-state index contributed by atoms with van der Waals surface area (Å²) in [5.41, 5.74) is 2.84. The number of hydrogen-bond acceptors (Lipinski definition) is 0. The highest BCUT2D eigenvalue weighted by Gasteiger charge is 2.37. The van der Waals surface area contributed by atoms with E-state index in [9.17, 15) is 0 Å². The van der Waals surface area contributed by atoms with Gasteiger partial charge in [-0.25, -0.2) is 0 Å². The molecule has 0 amide bonds. The molecule has 0 aromatic heterocycles. The molecule has 1 saturated carbocycles. The van der Waals surface area contributed by atoms with Crippen molar-refractivity contribution in [2.24, 2.45) is 0 Å². The lowest BCUT2D eigenvalue weighted by atomic mass is 10.1. The average molecular weight is 227 g/mol. The van der Waals surface area contributed by atoms with E-state index in [4.69, 9.17) is 23.2 Å². The zero-order valence-corrected chi connectivity index (χ0v) is 9.35. The van der Waals surface area contributed by atoms with Crippen LogP contribution < -0.4 is 0 Å². The molecule has 0 spiro atoms. The molecule has 1 aromatic carbocycles. The Bertz CT molecular complexity index is 347. The Labute approximate surface area is 94.5 Å². The molecule has 0 saturated heterocycles. The highest BCUT2D eigenvalue weighted by molar-refractivity contribution is 6.50. The molecule has 0 aliphatic heterocycles. The summed E-state index contributed by atoms with van der Waals surface area (Å²) in [5.74, 6) is 0. The van der Waals surface area contributed by atoms with Crippen LogP contribution in [0.4, 0.5) is 0 Å². The fraction of sp³-hybridized carbons (Fsp3) is 0.333. The van der Waals surface area contributed by atoms with Gasteiger partial charge in [-0.15, -0.1) is 23.2 Å². The number of alkyl halides is 2. The molecule has 2 aliphatic rings. The Kier molecular flexibility index (Phi) is 2.85. The van der Waals surface area contributed by atoms with Crippen molar-refractivity contribution in [2.75, 3.05) is 0 Å². The maximum atomic E-state index is 5.41. The first kappa shape index (κ1) is 10.1. The standard InChI is InChI=1S/C9H8.C3H4Cl2/c1-2-5-9-7-3-6-8(9)4-1;4-3(5)1-2-3/h1-6H,7H2;1-2H2. The van der Waals surface area contributed by atoms with Crippen molar-refractivity contribution in [2.45, 2.75) is 23.6 Å². The Morgan fingerprint density at radius 1 is 1.07 bits per heavy atom. The van der Waals surface area contributed by atoms with Gasteiger partial charge in [0.2, 0.25) is 0 Å². The predicted octanol–water partition coefficient (Wildman–Crippen LogP) is 4.21. The summed E-state index contributed by atoms with van der Waals surface area (Å²) in [6.45, 7) is 0. The molecule has 0 bridgehead atoms. The minimum atomic E-state index is -0.306. The number of hydrogen-bond donors (Lipinski definition) is 0. The van der Waals surface area contributed by atoms with Crippen LogP contribution in [-0.4, -0.2) is 4.33 Å². The van der Waals surface area contributed by atoms with Crippen LogP contribution in [0.25, 0.3) is 6.08 Å². The van der Waals surface area contributed by atoms with Gasteiger partial charge in [0.25, 0.3) is 0 Å². The Balaban J connectivity index is 0.000000128. The van der Waals surface area contributed by atoms with E-state index < -0.39 is 0 Å². The molecule has 14 heavy (non-hydrogen) atoms. The van der Waals surface area contributed by atoms with Gasteiger partial charge < -0.3 is 0 Å². The summed E-state index contributed by atoms with van der Waals surface area (Å²) in [7, 11) is 0. The molecule has 0 atom stereocenters. The second-order valence-corrected chi connectivity index (χ2v) is 5.30. The van der Waals surface area contributed by atoms with Gasteiger partial charge in [-0.2, -0.15) is 0 Å². The highest BCUT2D eigenvalue weighted by Crippen LogP contribution is 2.46. The van der Waals surface area contributed by atoms with Crippen LogP contribution >= 0.6 is 23.2 Å². The van der Waals surface area contributed by atoms with Crippen molar-refractivity contribution in [3.8, 4) is 0 Å². The molecule has 1 fully saturated rings. The van der Waals surface area contributed by atoms with Crippen LogP contribution in [0.2, 0.25) is 0 Å². The van der Waals surface area contributed by atoms with E-state index in [0.717, 1.165) is 19.3 Å². The normalized spacial score (nSPS) is 19.6. The van der Waals surface area contributed by atoms with Gasteiger partial charge in [0.1, 0.15) is 4.33 Å². The Morgan fingerprint density at radius 3 is 2.29 bits per heavy atom. The molecule has 0 radical (unpaired) electrons. The van der Waals surface area contributed by atoms with Gasteiger partial charge in [-0.05, 0) is 30.4 Å². The lowest BCUT2D eigenvalue weighted by molar-refractivity contribution is 1.31. The second-order valence-electron chi connectivity index (χ2n) is 3.66. The molecule has 1 aromatic rings. The SMILES string of the molecule is C1=Cc2ccccc2C1.ClC1(Cl)CC1. The zero-order chi connectivity index (χ0) is 10.0. The van der Waals surface area contributed by atoms with Crippen LogP contribution in [0.3, 0.4) is 0 Å². The van der Waals surface area contributed by atoms with E-state index in [1.807, 2.05) is 0 Å². The molecule has 0 unspecified atom stereocenters. The van der Waals surface area contributed by atoms with E-state index in [1.165, 1.54) is 11.1 Å². The summed E-state index contributed by atoms with van der Waals surface area (Å²) in [6.07, 6.45) is 7.46. The molecule has 2 aliphatic carbocycles. The molecular formula is C12H12Cl2. The second kappa shape index (κ2) is 3.96. The van der Waals surface area contributed by atoms with Crippen molar-refractivity contribution in [3.63, 3.8) is 0 Å². The van der Waals surface area contributed by atoms with Crippen molar-refractivity contribution in [1.29, 1.82) is 0 Å². The highest BCUT2D eigenvalue weighted by atomic mass is 35.5. The van der Waals surface area contributed by atoms with Gasteiger partial charge in [0.15, 0.2) is 0 Å². The number of benzene rings is 1. The summed E-state index contributed by atoms with van der Waals surface area (Å²) >= 11 is 10.8.